The first-order valence-corrected chi connectivity index (χ1v) is 9.28. The molecule has 10 heteroatoms. The fraction of sp³-hybridized carbons (Fsp3) is 0.0588. The normalized spacial score (nSPS) is 11.2. The molecule has 27 heavy (non-hydrogen) atoms. The number of aryl methyl sites for hydroxylation is 1. The standard InChI is InChI=1S/C17H16N4O5S/c1-10-13-4-2-3-5-14(13)26-16(10)19-17(23)21-20-15(22)11-6-8-12(9-7-11)27(18,24)25/h2-9H,1H3,(H,20,22)(H2,18,24,25)(H2,19,21,23). The summed E-state index contributed by atoms with van der Waals surface area (Å²) in [6.45, 7) is 1.80. The number of hydrogen-bond acceptors (Lipinski definition) is 5. The average molecular weight is 388 g/mol. The minimum Gasteiger partial charge on any atom is -0.440 e. The Morgan fingerprint density at radius 1 is 1.00 bits per heavy atom. The van der Waals surface area contributed by atoms with Crippen LogP contribution in [0, 0.1) is 6.92 Å². The molecule has 140 valence electrons. The smallest absolute Gasteiger partial charge is 0.340 e. The van der Waals surface area contributed by atoms with E-state index in [-0.39, 0.29) is 16.3 Å². The number of para-hydroxylation sites is 1. The number of primary sulfonamides is 1. The Hall–Kier alpha value is -3.37. The molecule has 0 saturated carbocycles. The number of urea groups is 1. The zero-order valence-electron chi connectivity index (χ0n) is 14.1. The number of benzene rings is 2. The second-order valence-electron chi connectivity index (χ2n) is 5.65. The van der Waals surface area contributed by atoms with Crippen LogP contribution in [0.1, 0.15) is 15.9 Å². The van der Waals surface area contributed by atoms with Gasteiger partial charge in [-0.2, -0.15) is 0 Å². The lowest BCUT2D eigenvalue weighted by molar-refractivity contribution is 0.0937. The van der Waals surface area contributed by atoms with Gasteiger partial charge < -0.3 is 4.42 Å². The molecule has 3 rings (SSSR count). The van der Waals surface area contributed by atoms with Gasteiger partial charge in [-0.1, -0.05) is 18.2 Å². The molecule has 2 aromatic carbocycles. The third-order valence-corrected chi connectivity index (χ3v) is 4.73. The molecule has 0 fully saturated rings. The quantitative estimate of drug-likeness (QED) is 0.506. The van der Waals surface area contributed by atoms with Gasteiger partial charge in [-0.05, 0) is 37.3 Å². The Morgan fingerprint density at radius 2 is 1.67 bits per heavy atom. The van der Waals surface area contributed by atoms with Crippen molar-refractivity contribution in [3.05, 3.63) is 59.7 Å². The van der Waals surface area contributed by atoms with Gasteiger partial charge in [0, 0.05) is 16.5 Å². The predicted octanol–water partition coefficient (Wildman–Crippen LogP) is 1.86. The first kappa shape index (κ1) is 18.4. The molecule has 0 aliphatic heterocycles. The molecule has 1 aromatic heterocycles. The fourth-order valence-corrected chi connectivity index (χ4v) is 2.93. The van der Waals surface area contributed by atoms with Crippen molar-refractivity contribution in [2.75, 3.05) is 5.32 Å². The molecule has 3 aromatic rings. The number of fused-ring (bicyclic) bond motifs is 1. The van der Waals surface area contributed by atoms with Crippen LogP contribution in [-0.4, -0.2) is 20.4 Å². The van der Waals surface area contributed by atoms with Gasteiger partial charge in [0.15, 0.2) is 0 Å². The summed E-state index contributed by atoms with van der Waals surface area (Å²) in [5.41, 5.74) is 5.93. The molecule has 1 heterocycles. The number of nitrogens with two attached hydrogens (primary N) is 1. The third kappa shape index (κ3) is 4.07. The summed E-state index contributed by atoms with van der Waals surface area (Å²) >= 11 is 0. The number of furan rings is 1. The maximum atomic E-state index is 12.0. The van der Waals surface area contributed by atoms with Crippen molar-refractivity contribution in [2.24, 2.45) is 5.14 Å². The molecule has 0 radical (unpaired) electrons. The molecule has 0 unspecified atom stereocenters. The van der Waals surface area contributed by atoms with E-state index in [1.807, 2.05) is 18.2 Å². The largest absolute Gasteiger partial charge is 0.440 e. The topological polar surface area (TPSA) is 144 Å². The van der Waals surface area contributed by atoms with Crippen molar-refractivity contribution in [3.8, 4) is 0 Å². The van der Waals surface area contributed by atoms with Crippen molar-refractivity contribution in [3.63, 3.8) is 0 Å². The number of hydrogen-bond donors (Lipinski definition) is 4. The van der Waals surface area contributed by atoms with Gasteiger partial charge in [0.2, 0.25) is 15.9 Å². The van der Waals surface area contributed by atoms with Gasteiger partial charge >= 0.3 is 6.03 Å². The number of amides is 3. The van der Waals surface area contributed by atoms with E-state index in [2.05, 4.69) is 16.2 Å². The minimum absolute atomic E-state index is 0.120. The van der Waals surface area contributed by atoms with Crippen molar-refractivity contribution >= 4 is 38.8 Å². The van der Waals surface area contributed by atoms with Crippen LogP contribution in [0.15, 0.2) is 57.8 Å². The Kier molecular flexibility index (Phi) is 4.84. The van der Waals surface area contributed by atoms with E-state index in [9.17, 15) is 18.0 Å². The highest BCUT2D eigenvalue weighted by Gasteiger charge is 2.14. The van der Waals surface area contributed by atoms with E-state index >= 15 is 0 Å². The summed E-state index contributed by atoms with van der Waals surface area (Å²) < 4.78 is 27.9. The van der Waals surface area contributed by atoms with E-state index < -0.39 is 22.0 Å². The van der Waals surface area contributed by atoms with Crippen molar-refractivity contribution in [1.29, 1.82) is 0 Å². The number of sulfonamides is 1. The number of carbonyl (C=O) groups is 2. The Morgan fingerprint density at radius 3 is 2.30 bits per heavy atom. The van der Waals surface area contributed by atoms with Crippen LogP contribution in [-0.2, 0) is 10.0 Å². The maximum absolute atomic E-state index is 12.0. The lowest BCUT2D eigenvalue weighted by Gasteiger charge is -2.08. The third-order valence-electron chi connectivity index (χ3n) is 3.81. The van der Waals surface area contributed by atoms with E-state index in [1.54, 1.807) is 13.0 Å². The van der Waals surface area contributed by atoms with Gasteiger partial charge in [-0.15, -0.1) is 0 Å². The molecular formula is C17H16N4O5S. The highest BCUT2D eigenvalue weighted by molar-refractivity contribution is 7.89. The van der Waals surface area contributed by atoms with Crippen molar-refractivity contribution < 1.29 is 22.4 Å². The van der Waals surface area contributed by atoms with Crippen LogP contribution in [0.3, 0.4) is 0 Å². The second kappa shape index (κ2) is 7.09. The van der Waals surface area contributed by atoms with Crippen LogP contribution in [0.2, 0.25) is 0 Å². The molecular weight excluding hydrogens is 372 g/mol. The predicted molar refractivity (Wildman–Crippen MR) is 98.4 cm³/mol. The molecule has 5 N–H and O–H groups in total. The highest BCUT2D eigenvalue weighted by atomic mass is 32.2. The lowest BCUT2D eigenvalue weighted by Crippen LogP contribution is -2.43. The Balaban J connectivity index is 1.61. The first-order valence-electron chi connectivity index (χ1n) is 7.74. The molecule has 9 nitrogen and oxygen atoms in total. The van der Waals surface area contributed by atoms with Crippen LogP contribution in [0.5, 0.6) is 0 Å². The van der Waals surface area contributed by atoms with Gasteiger partial charge in [-0.25, -0.2) is 23.8 Å². The monoisotopic (exact) mass is 388 g/mol. The van der Waals surface area contributed by atoms with Crippen LogP contribution >= 0.6 is 0 Å². The van der Waals surface area contributed by atoms with Gasteiger partial charge in [0.05, 0.1) is 4.90 Å². The summed E-state index contributed by atoms with van der Waals surface area (Å²) in [4.78, 5) is 23.9. The summed E-state index contributed by atoms with van der Waals surface area (Å²) in [5, 5.41) is 8.37. The summed E-state index contributed by atoms with van der Waals surface area (Å²) in [5.74, 6) is -0.368. The van der Waals surface area contributed by atoms with Crippen LogP contribution < -0.4 is 21.3 Å². The minimum atomic E-state index is -3.84. The number of nitrogens with one attached hydrogen (secondary N) is 3. The number of hydrazine groups is 1. The van der Waals surface area contributed by atoms with Gasteiger partial charge in [0.25, 0.3) is 5.91 Å². The zero-order chi connectivity index (χ0) is 19.6. The lowest BCUT2D eigenvalue weighted by atomic mass is 10.2. The summed E-state index contributed by atoms with van der Waals surface area (Å²) in [6.07, 6.45) is 0. The summed E-state index contributed by atoms with van der Waals surface area (Å²) in [6, 6.07) is 11.6. The molecule has 0 spiro atoms. The van der Waals surface area contributed by atoms with Crippen LogP contribution in [0.25, 0.3) is 11.0 Å². The number of anilines is 1. The van der Waals surface area contributed by atoms with E-state index in [0.29, 0.717) is 5.58 Å². The number of rotatable bonds is 3. The second-order valence-corrected chi connectivity index (χ2v) is 7.22. The van der Waals surface area contributed by atoms with E-state index in [0.717, 1.165) is 10.9 Å². The molecule has 0 bridgehead atoms. The molecule has 0 aliphatic rings. The first-order chi connectivity index (χ1) is 12.8. The van der Waals surface area contributed by atoms with Gasteiger partial charge in [-0.3, -0.25) is 15.5 Å². The van der Waals surface area contributed by atoms with E-state index in [1.165, 1.54) is 24.3 Å². The Bertz CT molecular complexity index is 1120. The maximum Gasteiger partial charge on any atom is 0.340 e. The van der Waals surface area contributed by atoms with Crippen LogP contribution in [0.4, 0.5) is 10.7 Å². The van der Waals surface area contributed by atoms with Crippen molar-refractivity contribution in [1.82, 2.24) is 10.9 Å². The zero-order valence-corrected chi connectivity index (χ0v) is 15.0. The van der Waals surface area contributed by atoms with E-state index in [4.69, 9.17) is 9.56 Å². The Labute approximate surface area is 154 Å². The average Bonchev–Trinajstić information content (AvgIpc) is 2.95. The molecule has 0 aliphatic carbocycles. The fourth-order valence-electron chi connectivity index (χ4n) is 2.41. The molecule has 0 atom stereocenters. The molecule has 3 amide bonds. The molecule has 0 saturated heterocycles. The SMILES string of the molecule is Cc1c(NC(=O)NNC(=O)c2ccc(S(N)(=O)=O)cc2)oc2ccccc12. The van der Waals surface area contributed by atoms with Crippen molar-refractivity contribution in [2.45, 2.75) is 11.8 Å². The van der Waals surface area contributed by atoms with Gasteiger partial charge in [0.1, 0.15) is 5.58 Å². The highest BCUT2D eigenvalue weighted by Crippen LogP contribution is 2.28. The number of carbonyl (C=O) groups excluding carboxylic acids is 2. The summed E-state index contributed by atoms with van der Waals surface area (Å²) in [7, 11) is -3.84.